The average Bonchev–Trinajstić information content (AvgIpc) is 3.23. The lowest BCUT2D eigenvalue weighted by Crippen LogP contribution is -2.24. The molecule has 0 saturated heterocycles. The number of thiophene rings is 1. The van der Waals surface area contributed by atoms with E-state index in [1.165, 1.54) is 48.0 Å². The summed E-state index contributed by atoms with van der Waals surface area (Å²) in [5.41, 5.74) is 5.15. The zero-order valence-corrected chi connectivity index (χ0v) is 16.6. The molecule has 0 bridgehead atoms. The molecular weight excluding hydrogens is 370 g/mol. The van der Waals surface area contributed by atoms with E-state index < -0.39 is 0 Å². The number of para-hydroxylation sites is 1. The van der Waals surface area contributed by atoms with Crippen LogP contribution in [0.15, 0.2) is 65.6 Å². The predicted octanol–water partition coefficient (Wildman–Crippen LogP) is 7.20. The van der Waals surface area contributed by atoms with Gasteiger partial charge in [-0.2, -0.15) is 0 Å². The minimum Gasteiger partial charge on any atom is -0.325 e. The van der Waals surface area contributed by atoms with Crippen molar-refractivity contribution in [1.29, 1.82) is 0 Å². The van der Waals surface area contributed by atoms with Gasteiger partial charge in [0.25, 0.3) is 0 Å². The van der Waals surface area contributed by atoms with E-state index in [2.05, 4.69) is 73.0 Å². The Bertz CT molecular complexity index is 1390. The van der Waals surface area contributed by atoms with Gasteiger partial charge in [0.1, 0.15) is 0 Å². The smallest absolute Gasteiger partial charge is 0.0689 e. The third-order valence-electron chi connectivity index (χ3n) is 5.90. The van der Waals surface area contributed by atoms with E-state index in [1.807, 2.05) is 17.4 Å². The van der Waals surface area contributed by atoms with E-state index >= 15 is 0 Å². The molecule has 0 amide bonds. The van der Waals surface area contributed by atoms with Gasteiger partial charge in [-0.25, -0.2) is 0 Å². The van der Waals surface area contributed by atoms with E-state index in [-0.39, 0.29) is 5.41 Å². The zero-order chi connectivity index (χ0) is 18.3. The van der Waals surface area contributed by atoms with Crippen LogP contribution in [0.4, 0.5) is 0 Å². The summed E-state index contributed by atoms with van der Waals surface area (Å²) in [7, 11) is 0. The van der Waals surface area contributed by atoms with Gasteiger partial charge >= 0.3 is 0 Å². The van der Waals surface area contributed by atoms with E-state index in [1.54, 1.807) is 0 Å². The summed E-state index contributed by atoms with van der Waals surface area (Å²) in [5.74, 6) is 0. The van der Waals surface area contributed by atoms with Crippen molar-refractivity contribution in [2.24, 2.45) is 0 Å². The van der Waals surface area contributed by atoms with E-state index in [0.717, 1.165) is 16.9 Å². The molecule has 2 nitrogen and oxygen atoms in total. The molecule has 0 atom stereocenters. The topological polar surface area (TPSA) is 25.2 Å². The Balaban J connectivity index is 1.92. The molecule has 4 heteroatoms. The maximum Gasteiger partial charge on any atom is 0.0689 e. The molecule has 0 spiro atoms. The Hall–Kier alpha value is -2.27. The first kappa shape index (κ1) is 15.8. The minimum atomic E-state index is -0.0442. The molecule has 6 rings (SSSR count). The third kappa shape index (κ3) is 1.85. The second-order valence-electron chi connectivity index (χ2n) is 7.71. The number of hydrogen-bond acceptors (Lipinski definition) is 3. The molecule has 0 unspecified atom stereocenters. The van der Waals surface area contributed by atoms with Crippen molar-refractivity contribution >= 4 is 55.3 Å². The van der Waals surface area contributed by atoms with Crippen LogP contribution >= 0.6 is 23.4 Å². The Morgan fingerprint density at radius 2 is 1.74 bits per heavy atom. The molecule has 1 aliphatic rings. The molecule has 0 saturated carbocycles. The summed E-state index contributed by atoms with van der Waals surface area (Å²) < 4.78 is 13.3. The zero-order valence-electron chi connectivity index (χ0n) is 15.0. The largest absolute Gasteiger partial charge is 0.325 e. The van der Waals surface area contributed by atoms with Crippen molar-refractivity contribution < 1.29 is 4.55 Å². The third-order valence-corrected chi connectivity index (χ3v) is 7.85. The van der Waals surface area contributed by atoms with Gasteiger partial charge in [0.15, 0.2) is 0 Å². The standard InChI is InChI=1S/C23H17NOS2/c1-23(2)17-8-5-7-14-16-12-13(27-25)10-11-18(16)24(20(14)17)21-15-6-3-4-9-19(15)26-22(21)23/h3-12,25H,1-2H3. The maximum absolute atomic E-state index is 9.56. The predicted molar refractivity (Wildman–Crippen MR) is 117 cm³/mol. The lowest BCUT2D eigenvalue weighted by Gasteiger charge is -2.32. The fourth-order valence-electron chi connectivity index (χ4n) is 4.64. The van der Waals surface area contributed by atoms with Crippen molar-refractivity contribution in [1.82, 2.24) is 4.57 Å². The normalized spacial score (nSPS) is 14.9. The maximum atomic E-state index is 9.56. The van der Waals surface area contributed by atoms with Crippen LogP contribution in [0.5, 0.6) is 0 Å². The number of rotatable bonds is 1. The van der Waals surface area contributed by atoms with E-state index in [4.69, 9.17) is 0 Å². The molecule has 0 aliphatic carbocycles. The summed E-state index contributed by atoms with van der Waals surface area (Å²) in [4.78, 5) is 2.29. The van der Waals surface area contributed by atoms with Crippen LogP contribution in [0, 0.1) is 0 Å². The van der Waals surface area contributed by atoms with Crippen molar-refractivity contribution in [3.8, 4) is 5.69 Å². The average molecular weight is 388 g/mol. The van der Waals surface area contributed by atoms with Crippen LogP contribution in [0.2, 0.25) is 0 Å². The monoisotopic (exact) mass is 387 g/mol. The molecule has 3 aromatic carbocycles. The summed E-state index contributed by atoms with van der Waals surface area (Å²) in [5, 5.41) is 3.77. The molecule has 1 aliphatic heterocycles. The lowest BCUT2D eigenvalue weighted by molar-refractivity contribution is 0.647. The highest BCUT2D eigenvalue weighted by Gasteiger charge is 2.37. The van der Waals surface area contributed by atoms with Crippen LogP contribution in [0.3, 0.4) is 0 Å². The van der Waals surface area contributed by atoms with Crippen molar-refractivity contribution in [3.63, 3.8) is 0 Å². The van der Waals surface area contributed by atoms with Crippen LogP contribution in [0.1, 0.15) is 24.3 Å². The fourth-order valence-corrected chi connectivity index (χ4v) is 6.24. The van der Waals surface area contributed by atoms with Gasteiger partial charge in [0.2, 0.25) is 0 Å². The summed E-state index contributed by atoms with van der Waals surface area (Å²) >= 11 is 2.72. The Labute approximate surface area is 165 Å². The molecule has 27 heavy (non-hydrogen) atoms. The highest BCUT2D eigenvalue weighted by atomic mass is 32.2. The van der Waals surface area contributed by atoms with Gasteiger partial charge in [-0.3, -0.25) is 0 Å². The highest BCUT2D eigenvalue weighted by molar-refractivity contribution is 7.93. The molecule has 0 fully saturated rings. The molecule has 5 aromatic rings. The molecule has 0 radical (unpaired) electrons. The van der Waals surface area contributed by atoms with Gasteiger partial charge in [0, 0.05) is 48.1 Å². The Kier molecular flexibility index (Phi) is 3.01. The van der Waals surface area contributed by atoms with Gasteiger partial charge in [-0.15, -0.1) is 11.3 Å². The van der Waals surface area contributed by atoms with Crippen molar-refractivity contribution in [3.05, 3.63) is 71.1 Å². The van der Waals surface area contributed by atoms with E-state index in [9.17, 15) is 4.55 Å². The molecular formula is C23H17NOS2. The number of aromatic nitrogens is 1. The van der Waals surface area contributed by atoms with Gasteiger partial charge in [0.05, 0.1) is 16.7 Å². The quantitative estimate of drug-likeness (QED) is 0.308. The summed E-state index contributed by atoms with van der Waals surface area (Å²) in [6.07, 6.45) is 0. The van der Waals surface area contributed by atoms with Gasteiger partial charge in [-0.1, -0.05) is 50.2 Å². The van der Waals surface area contributed by atoms with Crippen LogP contribution in [-0.4, -0.2) is 9.12 Å². The first-order valence-corrected chi connectivity index (χ1v) is 10.6. The molecule has 3 heterocycles. The second kappa shape index (κ2) is 5.16. The number of benzene rings is 3. The second-order valence-corrected chi connectivity index (χ2v) is 9.41. The van der Waals surface area contributed by atoms with Gasteiger partial charge in [-0.05, 0) is 29.8 Å². The highest BCUT2D eigenvalue weighted by Crippen LogP contribution is 2.52. The molecule has 2 aromatic heterocycles. The number of nitrogens with zero attached hydrogens (tertiary/aromatic N) is 1. The fraction of sp³-hybridized carbons (Fsp3) is 0.130. The van der Waals surface area contributed by atoms with Crippen LogP contribution in [-0.2, 0) is 5.41 Å². The van der Waals surface area contributed by atoms with E-state index in [0.29, 0.717) is 0 Å². The Morgan fingerprint density at radius 3 is 2.59 bits per heavy atom. The van der Waals surface area contributed by atoms with Crippen molar-refractivity contribution in [2.45, 2.75) is 24.2 Å². The molecule has 132 valence electrons. The SMILES string of the molecule is CC1(C)c2sc3ccccc3c2-n2c3ccc(SO)cc3c3cccc1c32. The lowest BCUT2D eigenvalue weighted by atomic mass is 9.79. The number of fused-ring (bicyclic) bond motifs is 7. The minimum absolute atomic E-state index is 0.0442. The van der Waals surface area contributed by atoms with Gasteiger partial charge < -0.3 is 9.12 Å². The van der Waals surface area contributed by atoms with Crippen LogP contribution in [0.25, 0.3) is 37.6 Å². The first-order chi connectivity index (χ1) is 13.1. The Morgan fingerprint density at radius 1 is 0.926 bits per heavy atom. The summed E-state index contributed by atoms with van der Waals surface area (Å²) in [6.45, 7) is 4.68. The number of hydrogen-bond donors (Lipinski definition) is 1. The summed E-state index contributed by atoms with van der Waals surface area (Å²) in [6, 6.07) is 21.6. The molecule has 1 N–H and O–H groups in total. The van der Waals surface area contributed by atoms with Crippen molar-refractivity contribution in [2.75, 3.05) is 0 Å². The first-order valence-electron chi connectivity index (χ1n) is 9.03. The van der Waals surface area contributed by atoms with Crippen LogP contribution < -0.4 is 0 Å².